The standard InChI is InChI=1S/C33H48FN3O4/c1-4-41-32(40)33(25-8-6-5-7-9-25)14-16-36(17-15-33)31(39)28(19-23-10-12-26(34)13-11-23)35-30(38)27-18-24-20-29(27)37(21-24)22(2)3/h10-13,22,24-25,27-29H,4-9,14-21H2,1-3H3,(H,35,38)/t24-,27-,28?,29-/m0/s1. The molecule has 2 aliphatic carbocycles. The lowest BCUT2D eigenvalue weighted by Crippen LogP contribution is -2.57. The number of rotatable bonds is 9. The molecule has 4 aliphatic rings. The molecular weight excluding hydrogens is 521 g/mol. The number of amides is 2. The quantitative estimate of drug-likeness (QED) is 0.436. The first kappa shape index (κ1) is 30.0. The van der Waals surface area contributed by atoms with Gasteiger partial charge in [-0.15, -0.1) is 0 Å². The Labute approximate surface area is 244 Å². The number of halogens is 1. The van der Waals surface area contributed by atoms with E-state index in [1.807, 2.05) is 11.8 Å². The minimum Gasteiger partial charge on any atom is -0.466 e. The fourth-order valence-electron chi connectivity index (χ4n) is 8.33. The number of carbonyl (C=O) groups is 3. The van der Waals surface area contributed by atoms with Gasteiger partial charge >= 0.3 is 5.97 Å². The molecule has 1 N–H and O–H groups in total. The van der Waals surface area contributed by atoms with Gasteiger partial charge in [0, 0.05) is 38.1 Å². The molecule has 2 bridgehead atoms. The molecule has 7 nitrogen and oxygen atoms in total. The van der Waals surface area contributed by atoms with Crippen molar-refractivity contribution in [1.29, 1.82) is 0 Å². The zero-order valence-corrected chi connectivity index (χ0v) is 25.1. The van der Waals surface area contributed by atoms with Crippen molar-refractivity contribution >= 4 is 17.8 Å². The van der Waals surface area contributed by atoms with Gasteiger partial charge in [-0.2, -0.15) is 0 Å². The van der Waals surface area contributed by atoms with Gasteiger partial charge in [0.1, 0.15) is 11.9 Å². The number of ether oxygens (including phenoxy) is 1. The molecule has 0 aromatic heterocycles. The molecule has 41 heavy (non-hydrogen) atoms. The van der Waals surface area contributed by atoms with E-state index >= 15 is 0 Å². The number of esters is 1. The van der Waals surface area contributed by atoms with Crippen LogP contribution in [0.2, 0.25) is 0 Å². The maximum Gasteiger partial charge on any atom is 0.312 e. The van der Waals surface area contributed by atoms with Crippen molar-refractivity contribution < 1.29 is 23.5 Å². The van der Waals surface area contributed by atoms with Crippen LogP contribution in [-0.2, 0) is 25.5 Å². The third-order valence-electron chi connectivity index (χ3n) is 10.5. The molecule has 4 fully saturated rings. The summed E-state index contributed by atoms with van der Waals surface area (Å²) in [6.45, 7) is 8.55. The molecule has 2 heterocycles. The van der Waals surface area contributed by atoms with Gasteiger partial charge in [0.2, 0.25) is 11.8 Å². The normalized spacial score (nSPS) is 27.1. The average molecular weight is 570 g/mol. The van der Waals surface area contributed by atoms with Gasteiger partial charge < -0.3 is 15.0 Å². The van der Waals surface area contributed by atoms with E-state index in [2.05, 4.69) is 24.1 Å². The molecule has 4 atom stereocenters. The predicted octanol–water partition coefficient (Wildman–Crippen LogP) is 4.72. The van der Waals surface area contributed by atoms with Crippen LogP contribution in [-0.4, -0.2) is 72.0 Å². The summed E-state index contributed by atoms with van der Waals surface area (Å²) >= 11 is 0. The lowest BCUT2D eigenvalue weighted by atomic mass is 9.63. The number of nitrogens with one attached hydrogen (secondary N) is 1. The van der Waals surface area contributed by atoms with Crippen molar-refractivity contribution in [3.63, 3.8) is 0 Å². The molecule has 5 rings (SSSR count). The number of nitrogens with zero attached hydrogens (tertiary/aromatic N) is 2. The van der Waals surface area contributed by atoms with E-state index in [0.29, 0.717) is 56.8 Å². The van der Waals surface area contributed by atoms with E-state index < -0.39 is 11.5 Å². The Bertz CT molecular complexity index is 1080. The molecule has 1 unspecified atom stereocenters. The predicted molar refractivity (Wildman–Crippen MR) is 155 cm³/mol. The minimum absolute atomic E-state index is 0.0524. The van der Waals surface area contributed by atoms with Crippen molar-refractivity contribution in [3.05, 3.63) is 35.6 Å². The summed E-state index contributed by atoms with van der Waals surface area (Å²) in [7, 11) is 0. The molecule has 2 amide bonds. The first-order valence-electron chi connectivity index (χ1n) is 16.0. The molecule has 2 saturated heterocycles. The highest BCUT2D eigenvalue weighted by molar-refractivity contribution is 5.89. The van der Waals surface area contributed by atoms with Crippen molar-refractivity contribution in [2.24, 2.45) is 23.2 Å². The van der Waals surface area contributed by atoms with Crippen LogP contribution >= 0.6 is 0 Å². The maximum atomic E-state index is 14.0. The highest BCUT2D eigenvalue weighted by Crippen LogP contribution is 2.47. The maximum absolute atomic E-state index is 14.0. The molecule has 226 valence electrons. The molecule has 0 spiro atoms. The Kier molecular flexibility index (Phi) is 9.37. The van der Waals surface area contributed by atoms with Crippen molar-refractivity contribution in [2.75, 3.05) is 26.2 Å². The first-order chi connectivity index (χ1) is 19.7. The number of hydrogen-bond donors (Lipinski definition) is 1. The van der Waals surface area contributed by atoms with Crippen LogP contribution in [0.5, 0.6) is 0 Å². The summed E-state index contributed by atoms with van der Waals surface area (Å²) in [5.41, 5.74) is 0.272. The van der Waals surface area contributed by atoms with Crippen molar-refractivity contribution in [1.82, 2.24) is 15.1 Å². The fraction of sp³-hybridized carbons (Fsp3) is 0.727. The second-order valence-corrected chi connectivity index (χ2v) is 13.2. The van der Waals surface area contributed by atoms with E-state index in [1.54, 1.807) is 12.1 Å². The Balaban J connectivity index is 1.31. The van der Waals surface area contributed by atoms with Crippen LogP contribution in [0.4, 0.5) is 4.39 Å². The molecule has 0 radical (unpaired) electrons. The lowest BCUT2D eigenvalue weighted by Gasteiger charge is -2.46. The second-order valence-electron chi connectivity index (χ2n) is 13.2. The van der Waals surface area contributed by atoms with Gasteiger partial charge in [-0.1, -0.05) is 31.4 Å². The SMILES string of the molecule is CCOC(=O)C1(C2CCCCC2)CCN(C(=O)C(Cc2ccc(F)cc2)NC(=O)[C@H]2C[C@H]3C[C@@H]2N(C(C)C)C3)CC1. The Morgan fingerprint density at radius 3 is 2.34 bits per heavy atom. The van der Waals surface area contributed by atoms with Gasteiger partial charge in [0.05, 0.1) is 17.9 Å². The van der Waals surface area contributed by atoms with Crippen LogP contribution in [0.25, 0.3) is 0 Å². The average Bonchev–Trinajstić information content (AvgIpc) is 3.60. The number of benzene rings is 1. The number of hydrogen-bond acceptors (Lipinski definition) is 5. The summed E-state index contributed by atoms with van der Waals surface area (Å²) in [5.74, 6) is 0.0951. The Morgan fingerprint density at radius 1 is 1.05 bits per heavy atom. The van der Waals surface area contributed by atoms with E-state index in [1.165, 1.54) is 18.6 Å². The summed E-state index contributed by atoms with van der Waals surface area (Å²) in [4.78, 5) is 45.3. The Hall–Kier alpha value is -2.48. The first-order valence-corrected chi connectivity index (χ1v) is 16.0. The van der Waals surface area contributed by atoms with Crippen LogP contribution in [0.1, 0.15) is 84.1 Å². The van der Waals surface area contributed by atoms with Crippen LogP contribution in [0.3, 0.4) is 0 Å². The van der Waals surface area contributed by atoms with Crippen LogP contribution < -0.4 is 5.32 Å². The summed E-state index contributed by atoms with van der Waals surface area (Å²) in [6, 6.07) is 6.04. The smallest absolute Gasteiger partial charge is 0.312 e. The summed E-state index contributed by atoms with van der Waals surface area (Å²) in [6.07, 6.45) is 8.95. The number of fused-ring (bicyclic) bond motifs is 2. The van der Waals surface area contributed by atoms with Crippen LogP contribution in [0.15, 0.2) is 24.3 Å². The highest BCUT2D eigenvalue weighted by Gasteiger charge is 2.51. The van der Waals surface area contributed by atoms with Gasteiger partial charge in [-0.3, -0.25) is 19.3 Å². The molecule has 8 heteroatoms. The molecular formula is C33H48FN3O4. The van der Waals surface area contributed by atoms with E-state index in [-0.39, 0.29) is 35.6 Å². The molecule has 1 aromatic rings. The zero-order valence-electron chi connectivity index (χ0n) is 25.1. The second kappa shape index (κ2) is 12.8. The zero-order chi connectivity index (χ0) is 29.1. The van der Waals surface area contributed by atoms with Gasteiger partial charge in [-0.25, -0.2) is 4.39 Å². The summed E-state index contributed by atoms with van der Waals surface area (Å²) in [5, 5.41) is 3.15. The van der Waals surface area contributed by atoms with E-state index in [9.17, 15) is 18.8 Å². The highest BCUT2D eigenvalue weighted by atomic mass is 19.1. The van der Waals surface area contributed by atoms with E-state index in [0.717, 1.165) is 50.6 Å². The van der Waals surface area contributed by atoms with Gasteiger partial charge in [-0.05, 0) is 88.8 Å². The van der Waals surface area contributed by atoms with Crippen molar-refractivity contribution in [2.45, 2.75) is 103 Å². The Morgan fingerprint density at radius 2 is 1.73 bits per heavy atom. The third kappa shape index (κ3) is 6.32. The number of likely N-dealkylation sites (tertiary alicyclic amines) is 2. The largest absolute Gasteiger partial charge is 0.466 e. The van der Waals surface area contributed by atoms with Crippen molar-refractivity contribution in [3.8, 4) is 0 Å². The lowest BCUT2D eigenvalue weighted by molar-refractivity contribution is -0.166. The molecule has 1 aromatic carbocycles. The monoisotopic (exact) mass is 569 g/mol. The molecule has 2 aliphatic heterocycles. The topological polar surface area (TPSA) is 79.0 Å². The fourth-order valence-corrected chi connectivity index (χ4v) is 8.33. The van der Waals surface area contributed by atoms with Gasteiger partial charge in [0.25, 0.3) is 0 Å². The third-order valence-corrected chi connectivity index (χ3v) is 10.5. The number of carbonyl (C=O) groups excluding carboxylic acids is 3. The van der Waals surface area contributed by atoms with Crippen LogP contribution in [0, 0.1) is 29.0 Å². The molecule has 2 saturated carbocycles. The van der Waals surface area contributed by atoms with E-state index in [4.69, 9.17) is 4.74 Å². The minimum atomic E-state index is -0.732. The summed E-state index contributed by atoms with van der Waals surface area (Å²) < 4.78 is 19.2. The van der Waals surface area contributed by atoms with Gasteiger partial charge in [0.15, 0.2) is 0 Å². The number of piperidine rings is 2.